The van der Waals surface area contributed by atoms with E-state index in [1.807, 2.05) is 10.9 Å². The molecule has 0 bridgehead atoms. The van der Waals surface area contributed by atoms with Gasteiger partial charge >= 0.3 is 0 Å². The Balaban J connectivity index is 1.44. The van der Waals surface area contributed by atoms with Crippen LogP contribution in [0.2, 0.25) is 0 Å². The predicted octanol–water partition coefficient (Wildman–Crippen LogP) is 2.70. The quantitative estimate of drug-likeness (QED) is 0.946. The molecule has 2 fully saturated rings. The van der Waals surface area contributed by atoms with Crippen LogP contribution >= 0.6 is 11.3 Å². The zero-order chi connectivity index (χ0) is 15.1. The average Bonchev–Trinajstić information content (AvgIpc) is 3.19. The van der Waals surface area contributed by atoms with Gasteiger partial charge in [-0.2, -0.15) is 16.4 Å². The van der Waals surface area contributed by atoms with Crippen molar-refractivity contribution < 1.29 is 5.11 Å². The van der Waals surface area contributed by atoms with Gasteiger partial charge in [0.2, 0.25) is 0 Å². The molecule has 1 aliphatic heterocycles. The van der Waals surface area contributed by atoms with Crippen molar-refractivity contribution in [2.24, 2.45) is 11.8 Å². The molecular formula is C17H23N3OS. The predicted molar refractivity (Wildman–Crippen MR) is 87.8 cm³/mol. The maximum Gasteiger partial charge on any atom is 0.0781 e. The molecule has 22 heavy (non-hydrogen) atoms. The molecule has 0 unspecified atom stereocenters. The highest BCUT2D eigenvalue weighted by atomic mass is 32.1. The fourth-order valence-electron chi connectivity index (χ4n) is 4.17. The van der Waals surface area contributed by atoms with Crippen LogP contribution in [-0.4, -0.2) is 39.0 Å². The van der Waals surface area contributed by atoms with Gasteiger partial charge in [0.25, 0.3) is 0 Å². The second-order valence-electron chi connectivity index (χ2n) is 6.95. The van der Waals surface area contributed by atoms with Crippen molar-refractivity contribution in [2.45, 2.75) is 38.5 Å². The van der Waals surface area contributed by atoms with Crippen LogP contribution in [0.5, 0.6) is 0 Å². The third-order valence-electron chi connectivity index (χ3n) is 5.24. The van der Waals surface area contributed by atoms with Crippen molar-refractivity contribution in [3.8, 4) is 0 Å². The van der Waals surface area contributed by atoms with E-state index in [2.05, 4.69) is 39.9 Å². The standard InChI is InChI=1S/C17H23N3OS/c1-12-6-18-20(7-12)16-4-14-9-19(8-13-2-3-22-11-13)10-15(14)5-17(16)21/h2-3,6-7,11,14-17,21H,4-5,8-10H2,1H3/t14-,15+,16-,17-/m0/s1. The first-order chi connectivity index (χ1) is 10.7. The van der Waals surface area contributed by atoms with Crippen LogP contribution in [-0.2, 0) is 6.54 Å². The first-order valence-corrected chi connectivity index (χ1v) is 9.05. The summed E-state index contributed by atoms with van der Waals surface area (Å²) in [6.45, 7) is 5.39. The topological polar surface area (TPSA) is 41.3 Å². The van der Waals surface area contributed by atoms with Crippen LogP contribution in [0.4, 0.5) is 0 Å². The maximum atomic E-state index is 10.5. The molecule has 0 radical (unpaired) electrons. The fraction of sp³-hybridized carbons (Fsp3) is 0.588. The molecule has 2 aliphatic rings. The van der Waals surface area contributed by atoms with Crippen molar-refractivity contribution in [1.82, 2.24) is 14.7 Å². The van der Waals surface area contributed by atoms with Crippen LogP contribution in [0.25, 0.3) is 0 Å². The maximum absolute atomic E-state index is 10.5. The number of hydrogen-bond donors (Lipinski definition) is 1. The molecular weight excluding hydrogens is 294 g/mol. The number of likely N-dealkylation sites (tertiary alicyclic amines) is 1. The minimum Gasteiger partial charge on any atom is -0.391 e. The Labute approximate surface area is 135 Å². The van der Waals surface area contributed by atoms with Crippen LogP contribution in [0, 0.1) is 18.8 Å². The first-order valence-electron chi connectivity index (χ1n) is 8.11. The molecule has 118 valence electrons. The lowest BCUT2D eigenvalue weighted by Crippen LogP contribution is -2.36. The minimum absolute atomic E-state index is 0.149. The number of aryl methyl sites for hydroxylation is 1. The lowest BCUT2D eigenvalue weighted by atomic mass is 9.77. The van der Waals surface area contributed by atoms with E-state index in [-0.39, 0.29) is 12.1 Å². The van der Waals surface area contributed by atoms with Gasteiger partial charge in [0.15, 0.2) is 0 Å². The summed E-state index contributed by atoms with van der Waals surface area (Å²) in [5.74, 6) is 1.33. The summed E-state index contributed by atoms with van der Waals surface area (Å²) in [5, 5.41) is 19.4. The van der Waals surface area contributed by atoms with Crippen molar-refractivity contribution in [3.63, 3.8) is 0 Å². The van der Waals surface area contributed by atoms with Gasteiger partial charge < -0.3 is 5.11 Å². The Morgan fingerprint density at radius 3 is 2.82 bits per heavy atom. The zero-order valence-electron chi connectivity index (χ0n) is 12.9. The molecule has 5 heteroatoms. The van der Waals surface area contributed by atoms with Crippen LogP contribution in [0.3, 0.4) is 0 Å². The smallest absolute Gasteiger partial charge is 0.0781 e. The Bertz CT molecular complexity index is 624. The highest BCUT2D eigenvalue weighted by Gasteiger charge is 2.42. The van der Waals surface area contributed by atoms with Gasteiger partial charge in [-0.25, -0.2) is 0 Å². The SMILES string of the molecule is Cc1cnn([C@H]2C[C@H]3CN(Cc4ccsc4)C[C@H]3C[C@@H]2O)c1. The third-order valence-corrected chi connectivity index (χ3v) is 5.97. The summed E-state index contributed by atoms with van der Waals surface area (Å²) >= 11 is 1.77. The molecule has 3 heterocycles. The number of thiophene rings is 1. The van der Waals surface area contributed by atoms with Crippen molar-refractivity contribution in [2.75, 3.05) is 13.1 Å². The van der Waals surface area contributed by atoms with Gasteiger partial charge in [0.05, 0.1) is 18.3 Å². The highest BCUT2D eigenvalue weighted by Crippen LogP contribution is 2.41. The fourth-order valence-corrected chi connectivity index (χ4v) is 4.83. The number of aliphatic hydroxyl groups excluding tert-OH is 1. The molecule has 4 atom stereocenters. The Morgan fingerprint density at radius 1 is 1.32 bits per heavy atom. The van der Waals surface area contributed by atoms with E-state index in [0.717, 1.165) is 32.5 Å². The molecule has 2 aromatic heterocycles. The monoisotopic (exact) mass is 317 g/mol. The molecule has 2 aromatic rings. The number of hydrogen-bond acceptors (Lipinski definition) is 4. The Kier molecular flexibility index (Phi) is 3.80. The molecule has 1 N–H and O–H groups in total. The second-order valence-corrected chi connectivity index (χ2v) is 7.73. The molecule has 0 amide bonds. The summed E-state index contributed by atoms with van der Waals surface area (Å²) < 4.78 is 1.98. The largest absolute Gasteiger partial charge is 0.391 e. The molecule has 1 saturated carbocycles. The van der Waals surface area contributed by atoms with Gasteiger partial charge in [-0.3, -0.25) is 9.58 Å². The molecule has 1 saturated heterocycles. The van der Waals surface area contributed by atoms with Gasteiger partial charge in [-0.1, -0.05) is 0 Å². The van der Waals surface area contributed by atoms with Gasteiger partial charge in [-0.15, -0.1) is 0 Å². The molecule has 4 nitrogen and oxygen atoms in total. The van der Waals surface area contributed by atoms with Gasteiger partial charge in [0.1, 0.15) is 0 Å². The number of fused-ring (bicyclic) bond motifs is 1. The van der Waals surface area contributed by atoms with Crippen molar-refractivity contribution >= 4 is 11.3 Å². The van der Waals surface area contributed by atoms with Gasteiger partial charge in [0, 0.05) is 25.8 Å². The van der Waals surface area contributed by atoms with Gasteiger partial charge in [-0.05, 0) is 59.6 Å². The molecule has 0 aromatic carbocycles. The lowest BCUT2D eigenvalue weighted by Gasteiger charge is -2.35. The highest BCUT2D eigenvalue weighted by molar-refractivity contribution is 7.07. The summed E-state index contributed by atoms with van der Waals surface area (Å²) in [7, 11) is 0. The summed E-state index contributed by atoms with van der Waals surface area (Å²) in [6.07, 6.45) is 5.64. The minimum atomic E-state index is -0.262. The van der Waals surface area contributed by atoms with Crippen LogP contribution < -0.4 is 0 Å². The van der Waals surface area contributed by atoms with Crippen molar-refractivity contribution in [1.29, 1.82) is 0 Å². The van der Waals surface area contributed by atoms with Crippen LogP contribution in [0.15, 0.2) is 29.2 Å². The second kappa shape index (κ2) is 5.80. The Hall–Kier alpha value is -1.17. The van der Waals surface area contributed by atoms with E-state index < -0.39 is 0 Å². The zero-order valence-corrected chi connectivity index (χ0v) is 13.7. The Morgan fingerprint density at radius 2 is 2.14 bits per heavy atom. The lowest BCUT2D eigenvalue weighted by molar-refractivity contribution is 0.0306. The third kappa shape index (κ3) is 2.73. The summed E-state index contributed by atoms with van der Waals surface area (Å²) in [6, 6.07) is 2.37. The van der Waals surface area contributed by atoms with Crippen molar-refractivity contribution in [3.05, 3.63) is 40.3 Å². The number of aliphatic hydroxyl groups is 1. The van der Waals surface area contributed by atoms with E-state index in [9.17, 15) is 5.11 Å². The summed E-state index contributed by atoms with van der Waals surface area (Å²) in [5.41, 5.74) is 2.59. The van der Waals surface area contributed by atoms with E-state index in [0.29, 0.717) is 11.8 Å². The number of nitrogens with zero attached hydrogens (tertiary/aromatic N) is 3. The van der Waals surface area contributed by atoms with E-state index in [1.165, 1.54) is 11.1 Å². The molecule has 4 rings (SSSR count). The number of aromatic nitrogens is 2. The van der Waals surface area contributed by atoms with E-state index >= 15 is 0 Å². The average molecular weight is 317 g/mol. The molecule has 1 aliphatic carbocycles. The normalized spacial score (nSPS) is 32.3. The van der Waals surface area contributed by atoms with Crippen LogP contribution in [0.1, 0.15) is 30.0 Å². The van der Waals surface area contributed by atoms with E-state index in [1.54, 1.807) is 11.3 Å². The summed E-state index contributed by atoms with van der Waals surface area (Å²) in [4.78, 5) is 2.56. The van der Waals surface area contributed by atoms with E-state index in [4.69, 9.17) is 0 Å². The molecule has 0 spiro atoms. The first kappa shape index (κ1) is 14.4. The number of rotatable bonds is 3.